The van der Waals surface area contributed by atoms with Gasteiger partial charge in [0.05, 0.1) is 5.75 Å². The quantitative estimate of drug-likeness (QED) is 0.489. The van der Waals surface area contributed by atoms with E-state index in [0.29, 0.717) is 5.75 Å². The maximum absolute atomic E-state index is 12.6. The van der Waals surface area contributed by atoms with Gasteiger partial charge in [0.25, 0.3) is 0 Å². The SMILES string of the molecule is O=C(CSc1ncnc2sccc12)N1CCN(c2cccc(Cl)c2)CC1. The lowest BCUT2D eigenvalue weighted by molar-refractivity contribution is -0.128. The Bertz CT molecular complexity index is 924. The summed E-state index contributed by atoms with van der Waals surface area (Å²) in [5.41, 5.74) is 1.11. The van der Waals surface area contributed by atoms with Crippen molar-refractivity contribution < 1.29 is 4.79 Å². The summed E-state index contributed by atoms with van der Waals surface area (Å²) in [5.74, 6) is 0.557. The minimum atomic E-state index is 0.155. The summed E-state index contributed by atoms with van der Waals surface area (Å²) in [6.45, 7) is 3.09. The normalized spacial score (nSPS) is 14.8. The molecule has 0 spiro atoms. The molecule has 1 fully saturated rings. The highest BCUT2D eigenvalue weighted by Gasteiger charge is 2.21. The number of halogens is 1. The molecule has 1 aromatic carbocycles. The van der Waals surface area contributed by atoms with Crippen molar-refractivity contribution in [1.82, 2.24) is 14.9 Å². The highest BCUT2D eigenvalue weighted by molar-refractivity contribution is 8.00. The summed E-state index contributed by atoms with van der Waals surface area (Å²) < 4.78 is 0. The van der Waals surface area contributed by atoms with Crippen molar-refractivity contribution in [1.29, 1.82) is 0 Å². The van der Waals surface area contributed by atoms with Gasteiger partial charge in [0.15, 0.2) is 0 Å². The van der Waals surface area contributed by atoms with Crippen LogP contribution in [0.25, 0.3) is 10.2 Å². The lowest BCUT2D eigenvalue weighted by Gasteiger charge is -2.36. The van der Waals surface area contributed by atoms with Gasteiger partial charge in [-0.3, -0.25) is 4.79 Å². The molecule has 4 rings (SSSR count). The maximum atomic E-state index is 12.6. The Morgan fingerprint density at radius 2 is 2.04 bits per heavy atom. The van der Waals surface area contributed by atoms with Gasteiger partial charge < -0.3 is 9.80 Å². The molecule has 0 saturated carbocycles. The number of thioether (sulfide) groups is 1. The number of fused-ring (bicyclic) bond motifs is 1. The van der Waals surface area contributed by atoms with Gasteiger partial charge in [0.1, 0.15) is 16.2 Å². The van der Waals surface area contributed by atoms with Gasteiger partial charge in [-0.05, 0) is 29.6 Å². The Labute approximate surface area is 165 Å². The molecule has 5 nitrogen and oxygen atoms in total. The molecular formula is C18H17ClN4OS2. The van der Waals surface area contributed by atoms with Crippen LogP contribution in [0.15, 0.2) is 47.1 Å². The summed E-state index contributed by atoms with van der Waals surface area (Å²) in [6, 6.07) is 9.87. The van der Waals surface area contributed by atoms with Crippen LogP contribution in [0.2, 0.25) is 5.02 Å². The fourth-order valence-corrected chi connectivity index (χ4v) is 4.86. The Morgan fingerprint density at radius 1 is 1.19 bits per heavy atom. The first-order valence-electron chi connectivity index (χ1n) is 8.30. The molecule has 0 atom stereocenters. The van der Waals surface area contributed by atoms with Crippen molar-refractivity contribution in [3.63, 3.8) is 0 Å². The van der Waals surface area contributed by atoms with Crippen LogP contribution in [0.1, 0.15) is 0 Å². The predicted molar refractivity (Wildman–Crippen MR) is 108 cm³/mol. The van der Waals surface area contributed by atoms with Crippen LogP contribution in [0.4, 0.5) is 5.69 Å². The number of nitrogens with zero attached hydrogens (tertiary/aromatic N) is 4. The van der Waals surface area contributed by atoms with Gasteiger partial charge in [-0.25, -0.2) is 9.97 Å². The fourth-order valence-electron chi connectivity index (χ4n) is 2.99. The van der Waals surface area contributed by atoms with Crippen LogP contribution < -0.4 is 4.90 Å². The van der Waals surface area contributed by atoms with Crippen LogP contribution in [0, 0.1) is 0 Å². The predicted octanol–water partition coefficient (Wildman–Crippen LogP) is 3.79. The zero-order valence-electron chi connectivity index (χ0n) is 14.0. The molecule has 3 heterocycles. The van der Waals surface area contributed by atoms with E-state index in [9.17, 15) is 4.79 Å². The molecule has 26 heavy (non-hydrogen) atoms. The third kappa shape index (κ3) is 3.79. The maximum Gasteiger partial charge on any atom is 0.233 e. The van der Waals surface area contributed by atoms with Gasteiger partial charge in [-0.2, -0.15) is 0 Å². The number of hydrogen-bond donors (Lipinski definition) is 0. The van der Waals surface area contributed by atoms with E-state index >= 15 is 0 Å². The van der Waals surface area contributed by atoms with Gasteiger partial charge in [-0.1, -0.05) is 29.4 Å². The molecule has 1 amide bonds. The Balaban J connectivity index is 1.33. The van der Waals surface area contributed by atoms with Crippen molar-refractivity contribution in [2.24, 2.45) is 0 Å². The smallest absolute Gasteiger partial charge is 0.233 e. The highest BCUT2D eigenvalue weighted by atomic mass is 35.5. The molecule has 0 aliphatic carbocycles. The number of rotatable bonds is 4. The number of carbonyl (C=O) groups excluding carboxylic acids is 1. The number of carbonyl (C=O) groups is 1. The second-order valence-corrected chi connectivity index (χ2v) is 8.25. The number of anilines is 1. The summed E-state index contributed by atoms with van der Waals surface area (Å²) in [7, 11) is 0. The second kappa shape index (κ2) is 7.82. The van der Waals surface area contributed by atoms with E-state index in [2.05, 4.69) is 20.9 Å². The molecule has 0 unspecified atom stereocenters. The lowest BCUT2D eigenvalue weighted by Crippen LogP contribution is -2.49. The number of piperazine rings is 1. The Morgan fingerprint density at radius 3 is 2.85 bits per heavy atom. The molecule has 8 heteroatoms. The van der Waals surface area contributed by atoms with E-state index < -0.39 is 0 Å². The van der Waals surface area contributed by atoms with Crippen molar-refractivity contribution >= 4 is 56.5 Å². The summed E-state index contributed by atoms with van der Waals surface area (Å²) >= 11 is 9.15. The first-order chi connectivity index (χ1) is 12.7. The van der Waals surface area contributed by atoms with Gasteiger partial charge in [0, 0.05) is 42.3 Å². The van der Waals surface area contributed by atoms with E-state index in [1.165, 1.54) is 11.8 Å². The lowest BCUT2D eigenvalue weighted by atomic mass is 10.2. The Hall–Kier alpha value is -1.83. The zero-order chi connectivity index (χ0) is 17.9. The van der Waals surface area contributed by atoms with Crippen LogP contribution >= 0.6 is 34.7 Å². The van der Waals surface area contributed by atoms with Crippen molar-refractivity contribution in [3.8, 4) is 0 Å². The zero-order valence-corrected chi connectivity index (χ0v) is 16.4. The highest BCUT2D eigenvalue weighted by Crippen LogP contribution is 2.28. The van der Waals surface area contributed by atoms with E-state index in [-0.39, 0.29) is 5.91 Å². The van der Waals surface area contributed by atoms with Gasteiger partial charge in [-0.15, -0.1) is 11.3 Å². The minimum absolute atomic E-state index is 0.155. The molecule has 1 aliphatic heterocycles. The van der Waals surface area contributed by atoms with Gasteiger partial charge in [0.2, 0.25) is 5.91 Å². The van der Waals surface area contributed by atoms with Crippen LogP contribution in [-0.4, -0.2) is 52.7 Å². The van der Waals surface area contributed by atoms with E-state index in [1.54, 1.807) is 17.7 Å². The molecular weight excluding hydrogens is 388 g/mol. The molecule has 1 aliphatic rings. The molecule has 0 N–H and O–H groups in total. The van der Waals surface area contributed by atoms with Crippen molar-refractivity contribution in [2.75, 3.05) is 36.8 Å². The topological polar surface area (TPSA) is 49.3 Å². The standard InChI is InChI=1S/C18H17ClN4OS2/c19-13-2-1-3-14(10-13)22-5-7-23(8-6-22)16(24)11-26-18-15-4-9-25-17(15)20-12-21-18/h1-4,9-10,12H,5-8,11H2. The fraction of sp³-hybridized carbons (Fsp3) is 0.278. The van der Waals surface area contributed by atoms with Crippen molar-refractivity contribution in [2.45, 2.75) is 5.03 Å². The summed E-state index contributed by atoms with van der Waals surface area (Å²) in [6.07, 6.45) is 1.56. The van der Waals surface area contributed by atoms with Crippen LogP contribution in [0.5, 0.6) is 0 Å². The molecule has 2 aromatic heterocycles. The number of thiophene rings is 1. The largest absolute Gasteiger partial charge is 0.368 e. The number of aromatic nitrogens is 2. The van der Waals surface area contributed by atoms with Gasteiger partial charge >= 0.3 is 0 Å². The number of benzene rings is 1. The average Bonchev–Trinajstić information content (AvgIpc) is 3.15. The third-order valence-electron chi connectivity index (χ3n) is 4.36. The van der Waals surface area contributed by atoms with E-state index in [1.807, 2.05) is 34.5 Å². The summed E-state index contributed by atoms with van der Waals surface area (Å²) in [4.78, 5) is 26.3. The number of amides is 1. The number of hydrogen-bond acceptors (Lipinski definition) is 6. The minimum Gasteiger partial charge on any atom is -0.368 e. The second-order valence-electron chi connectivity index (χ2n) is 5.95. The molecule has 1 saturated heterocycles. The molecule has 0 bridgehead atoms. The van der Waals surface area contributed by atoms with E-state index in [4.69, 9.17) is 11.6 Å². The first-order valence-corrected chi connectivity index (χ1v) is 10.5. The van der Waals surface area contributed by atoms with Crippen LogP contribution in [-0.2, 0) is 4.79 Å². The average molecular weight is 405 g/mol. The molecule has 3 aromatic rings. The summed E-state index contributed by atoms with van der Waals surface area (Å²) in [5, 5.41) is 4.64. The Kier molecular flexibility index (Phi) is 5.28. The van der Waals surface area contributed by atoms with Crippen molar-refractivity contribution in [3.05, 3.63) is 47.1 Å². The van der Waals surface area contributed by atoms with Crippen LogP contribution in [0.3, 0.4) is 0 Å². The first kappa shape index (κ1) is 17.6. The third-order valence-corrected chi connectivity index (χ3v) is 6.41. The van der Waals surface area contributed by atoms with E-state index in [0.717, 1.165) is 52.1 Å². The molecule has 134 valence electrons. The molecule has 0 radical (unpaired) electrons. The monoisotopic (exact) mass is 404 g/mol.